The molecule has 0 saturated carbocycles. The zero-order valence-electron chi connectivity index (χ0n) is 10.9. The molecule has 0 aliphatic carbocycles. The summed E-state index contributed by atoms with van der Waals surface area (Å²) in [5, 5.41) is 12.7. The Labute approximate surface area is 99.2 Å². The van der Waals surface area contributed by atoms with Gasteiger partial charge < -0.3 is 21.1 Å². The van der Waals surface area contributed by atoms with Gasteiger partial charge in [-0.2, -0.15) is 0 Å². The normalized spacial score (nSPS) is 24.9. The summed E-state index contributed by atoms with van der Waals surface area (Å²) < 4.78 is 0. The zero-order chi connectivity index (χ0) is 12.2. The van der Waals surface area contributed by atoms with E-state index in [1.165, 1.54) is 19.5 Å². The molecule has 1 saturated heterocycles. The van der Waals surface area contributed by atoms with Crippen LogP contribution in [0.4, 0.5) is 0 Å². The number of nitrogens with two attached hydrogens (primary N) is 1. The number of aliphatic hydroxyl groups excluding tert-OH is 1. The van der Waals surface area contributed by atoms with Gasteiger partial charge in [0, 0.05) is 26.2 Å². The van der Waals surface area contributed by atoms with Gasteiger partial charge in [-0.1, -0.05) is 13.8 Å². The predicted octanol–water partition coefficient (Wildman–Crippen LogP) is -0.126. The van der Waals surface area contributed by atoms with Crippen LogP contribution in [0.2, 0.25) is 0 Å². The van der Waals surface area contributed by atoms with Crippen LogP contribution < -0.4 is 11.1 Å². The largest absolute Gasteiger partial charge is 0.390 e. The van der Waals surface area contributed by atoms with E-state index in [4.69, 9.17) is 5.73 Å². The molecular formula is C12H27N3O. The van der Waals surface area contributed by atoms with Crippen LogP contribution in [0.15, 0.2) is 0 Å². The maximum Gasteiger partial charge on any atom is 0.0786 e. The number of nitrogens with one attached hydrogen (secondary N) is 1. The molecule has 96 valence electrons. The highest BCUT2D eigenvalue weighted by Gasteiger charge is 2.33. The number of hydrogen-bond donors (Lipinski definition) is 3. The Kier molecular flexibility index (Phi) is 5.18. The fourth-order valence-corrected chi connectivity index (χ4v) is 2.36. The Hall–Kier alpha value is -0.160. The van der Waals surface area contributed by atoms with Crippen LogP contribution in [0, 0.1) is 11.3 Å². The number of likely N-dealkylation sites (tertiary alicyclic amines) is 1. The van der Waals surface area contributed by atoms with E-state index in [2.05, 4.69) is 31.1 Å². The molecule has 2 unspecified atom stereocenters. The summed E-state index contributed by atoms with van der Waals surface area (Å²) in [6.07, 6.45) is 0.868. The molecule has 0 spiro atoms. The lowest BCUT2D eigenvalue weighted by Gasteiger charge is -2.32. The summed E-state index contributed by atoms with van der Waals surface area (Å²) in [6, 6.07) is 0. The number of rotatable bonds is 6. The second-order valence-electron chi connectivity index (χ2n) is 5.76. The molecule has 0 aromatic rings. The molecule has 4 nitrogen and oxygen atoms in total. The fraction of sp³-hybridized carbons (Fsp3) is 1.00. The van der Waals surface area contributed by atoms with Crippen molar-refractivity contribution in [2.24, 2.45) is 17.1 Å². The molecule has 0 amide bonds. The highest BCUT2D eigenvalue weighted by Crippen LogP contribution is 2.32. The third-order valence-electron chi connectivity index (χ3n) is 3.73. The van der Waals surface area contributed by atoms with E-state index in [1.807, 2.05) is 0 Å². The van der Waals surface area contributed by atoms with Crippen molar-refractivity contribution in [2.75, 3.05) is 39.8 Å². The maximum absolute atomic E-state index is 9.37. The van der Waals surface area contributed by atoms with E-state index in [1.54, 1.807) is 0 Å². The molecule has 1 fully saturated rings. The fourth-order valence-electron chi connectivity index (χ4n) is 2.36. The van der Waals surface area contributed by atoms with Crippen molar-refractivity contribution in [3.63, 3.8) is 0 Å². The van der Waals surface area contributed by atoms with Gasteiger partial charge in [0.1, 0.15) is 0 Å². The van der Waals surface area contributed by atoms with Crippen molar-refractivity contribution in [3.8, 4) is 0 Å². The summed E-state index contributed by atoms with van der Waals surface area (Å²) in [5.74, 6) is 0.750. The average molecular weight is 229 g/mol. The van der Waals surface area contributed by atoms with Gasteiger partial charge in [0.15, 0.2) is 0 Å². The van der Waals surface area contributed by atoms with Crippen LogP contribution >= 0.6 is 0 Å². The van der Waals surface area contributed by atoms with Crippen molar-refractivity contribution in [1.29, 1.82) is 0 Å². The highest BCUT2D eigenvalue weighted by atomic mass is 16.3. The lowest BCUT2D eigenvalue weighted by molar-refractivity contribution is 0.159. The molecule has 4 N–H and O–H groups in total. The molecule has 2 atom stereocenters. The van der Waals surface area contributed by atoms with Gasteiger partial charge in [-0.3, -0.25) is 0 Å². The van der Waals surface area contributed by atoms with Crippen LogP contribution in [-0.4, -0.2) is 55.9 Å². The van der Waals surface area contributed by atoms with Crippen LogP contribution in [0.3, 0.4) is 0 Å². The smallest absolute Gasteiger partial charge is 0.0786 e. The van der Waals surface area contributed by atoms with Gasteiger partial charge in [0.25, 0.3) is 0 Å². The van der Waals surface area contributed by atoms with E-state index in [9.17, 15) is 5.11 Å². The predicted molar refractivity (Wildman–Crippen MR) is 67.3 cm³/mol. The molecule has 0 aromatic carbocycles. The number of hydrogen-bond acceptors (Lipinski definition) is 4. The van der Waals surface area contributed by atoms with E-state index in [-0.39, 0.29) is 0 Å². The Morgan fingerprint density at radius 2 is 2.25 bits per heavy atom. The Bertz CT molecular complexity index is 208. The molecule has 1 aliphatic heterocycles. The maximum atomic E-state index is 9.37. The second kappa shape index (κ2) is 5.96. The van der Waals surface area contributed by atoms with E-state index in [0.717, 1.165) is 12.5 Å². The summed E-state index contributed by atoms with van der Waals surface area (Å²) in [5.41, 5.74) is 5.66. The molecule has 0 aromatic heterocycles. The topological polar surface area (TPSA) is 61.5 Å². The standard InChI is InChI=1S/C12H27N3O/c1-12(2,9-14-7-11(16)6-13)10-4-5-15(3)8-10/h10-11,14,16H,4-9,13H2,1-3H3. The lowest BCUT2D eigenvalue weighted by atomic mass is 9.78. The first-order chi connectivity index (χ1) is 7.45. The lowest BCUT2D eigenvalue weighted by Crippen LogP contribution is -2.41. The summed E-state index contributed by atoms with van der Waals surface area (Å²) in [7, 11) is 2.18. The molecule has 0 bridgehead atoms. The van der Waals surface area contributed by atoms with E-state index in [0.29, 0.717) is 18.5 Å². The minimum atomic E-state index is -0.415. The second-order valence-corrected chi connectivity index (χ2v) is 5.76. The van der Waals surface area contributed by atoms with Crippen molar-refractivity contribution in [2.45, 2.75) is 26.4 Å². The minimum absolute atomic E-state index is 0.291. The molecule has 1 rings (SSSR count). The SMILES string of the molecule is CN1CCC(C(C)(C)CNCC(O)CN)C1. The Morgan fingerprint density at radius 1 is 1.56 bits per heavy atom. The van der Waals surface area contributed by atoms with E-state index < -0.39 is 6.10 Å². The number of aliphatic hydroxyl groups is 1. The summed E-state index contributed by atoms with van der Waals surface area (Å²) in [4.78, 5) is 2.39. The zero-order valence-corrected chi connectivity index (χ0v) is 10.9. The van der Waals surface area contributed by atoms with Gasteiger partial charge in [-0.05, 0) is 31.3 Å². The summed E-state index contributed by atoms with van der Waals surface area (Å²) in [6.45, 7) is 8.88. The third-order valence-corrected chi connectivity index (χ3v) is 3.73. The quantitative estimate of drug-likeness (QED) is 0.594. The molecule has 1 aliphatic rings. The first-order valence-electron chi connectivity index (χ1n) is 6.23. The monoisotopic (exact) mass is 229 g/mol. The van der Waals surface area contributed by atoms with Gasteiger partial charge >= 0.3 is 0 Å². The van der Waals surface area contributed by atoms with Crippen molar-refractivity contribution < 1.29 is 5.11 Å². The van der Waals surface area contributed by atoms with Crippen molar-refractivity contribution in [1.82, 2.24) is 10.2 Å². The molecule has 0 radical (unpaired) electrons. The van der Waals surface area contributed by atoms with Gasteiger partial charge in [-0.25, -0.2) is 0 Å². The minimum Gasteiger partial charge on any atom is -0.390 e. The Balaban J connectivity index is 2.28. The highest BCUT2D eigenvalue weighted by molar-refractivity contribution is 4.87. The molecule has 16 heavy (non-hydrogen) atoms. The number of nitrogens with zero attached hydrogens (tertiary/aromatic N) is 1. The third kappa shape index (κ3) is 4.01. The molecule has 4 heteroatoms. The first-order valence-corrected chi connectivity index (χ1v) is 6.23. The Morgan fingerprint density at radius 3 is 2.75 bits per heavy atom. The summed E-state index contributed by atoms with van der Waals surface area (Å²) >= 11 is 0. The van der Waals surface area contributed by atoms with Gasteiger partial charge in [0.05, 0.1) is 6.10 Å². The van der Waals surface area contributed by atoms with Gasteiger partial charge in [0.2, 0.25) is 0 Å². The average Bonchev–Trinajstić information content (AvgIpc) is 2.65. The van der Waals surface area contributed by atoms with Gasteiger partial charge in [-0.15, -0.1) is 0 Å². The van der Waals surface area contributed by atoms with Crippen molar-refractivity contribution >= 4 is 0 Å². The molecule has 1 heterocycles. The van der Waals surface area contributed by atoms with E-state index >= 15 is 0 Å². The van der Waals surface area contributed by atoms with Crippen LogP contribution in [-0.2, 0) is 0 Å². The first kappa shape index (κ1) is 13.9. The van der Waals surface area contributed by atoms with Crippen molar-refractivity contribution in [3.05, 3.63) is 0 Å². The van der Waals surface area contributed by atoms with Crippen LogP contribution in [0.25, 0.3) is 0 Å². The molecular weight excluding hydrogens is 202 g/mol. The van der Waals surface area contributed by atoms with Crippen LogP contribution in [0.5, 0.6) is 0 Å². The van der Waals surface area contributed by atoms with Crippen LogP contribution in [0.1, 0.15) is 20.3 Å².